The number of rotatable bonds is 1. The Hall–Kier alpha value is -2.21. The van der Waals surface area contributed by atoms with Crippen LogP contribution in [-0.2, 0) is 4.74 Å². The minimum Gasteiger partial charge on any atom is -0.386 e. The molecule has 2 aromatic rings. The molecular weight excluding hydrogens is 262 g/mol. The summed E-state index contributed by atoms with van der Waals surface area (Å²) in [5.41, 5.74) is 3.28. The van der Waals surface area contributed by atoms with Crippen LogP contribution < -0.4 is 5.73 Å². The molecule has 2 fully saturated rings. The molecule has 8 heteroatoms. The van der Waals surface area contributed by atoms with E-state index in [1.807, 2.05) is 6.07 Å². The van der Waals surface area contributed by atoms with Gasteiger partial charge in [0.2, 0.25) is 5.60 Å². The highest BCUT2D eigenvalue weighted by Gasteiger charge is 2.84. The van der Waals surface area contributed by atoms with Crippen molar-refractivity contribution in [2.24, 2.45) is 0 Å². The summed E-state index contributed by atoms with van der Waals surface area (Å²) in [6, 6.07) is 3.61. The lowest BCUT2D eigenvalue weighted by molar-refractivity contribution is -0.0385. The molecule has 0 bridgehead atoms. The number of hydrogen-bond acceptors (Lipinski definition) is 7. The normalized spacial score (nSPS) is 38.6. The summed E-state index contributed by atoms with van der Waals surface area (Å²) in [4.78, 5) is 8.04. The van der Waals surface area contributed by atoms with Gasteiger partial charge in [0.15, 0.2) is 0 Å². The fourth-order valence-corrected chi connectivity index (χ4v) is 2.99. The summed E-state index contributed by atoms with van der Waals surface area (Å²) in [5, 5.41) is 29.7. The second kappa shape index (κ2) is 3.27. The first-order chi connectivity index (χ1) is 9.53. The SMILES string of the molecule is N#C[C@]12O[C@@H](n3ccc4c(N)ncnc43)C[C@@]1(O)C2O. The van der Waals surface area contributed by atoms with Crippen LogP contribution in [0.4, 0.5) is 5.82 Å². The van der Waals surface area contributed by atoms with E-state index in [0.717, 1.165) is 0 Å². The fraction of sp³-hybridized carbons (Fsp3) is 0.417. The molecule has 1 unspecified atom stereocenters. The van der Waals surface area contributed by atoms with Crippen LogP contribution in [0.15, 0.2) is 18.6 Å². The molecule has 3 heterocycles. The lowest BCUT2D eigenvalue weighted by Crippen LogP contribution is -2.20. The standard InChI is InChI=1S/C12H11N5O3/c13-4-12-10(18)11(12,19)3-7(20-12)17-2-1-6-8(14)15-5-16-9(6)17/h1-2,5,7,10,18-19H,3H2,(H2,14,15,16)/t7-,10?,11-,12-/m1/s1. The number of nitriles is 1. The summed E-state index contributed by atoms with van der Waals surface area (Å²) in [6.45, 7) is 0. The molecular formula is C12H11N5O3. The van der Waals surface area contributed by atoms with Gasteiger partial charge in [0.25, 0.3) is 0 Å². The molecule has 2 aliphatic rings. The number of aliphatic hydroxyl groups excluding tert-OH is 1. The van der Waals surface area contributed by atoms with Gasteiger partial charge >= 0.3 is 0 Å². The molecule has 2 aromatic heterocycles. The van der Waals surface area contributed by atoms with Crippen molar-refractivity contribution in [2.75, 3.05) is 5.73 Å². The van der Waals surface area contributed by atoms with E-state index in [0.29, 0.717) is 16.9 Å². The van der Waals surface area contributed by atoms with Gasteiger partial charge in [-0.05, 0) is 6.07 Å². The highest BCUT2D eigenvalue weighted by molar-refractivity contribution is 5.86. The van der Waals surface area contributed by atoms with Crippen molar-refractivity contribution >= 4 is 16.9 Å². The Morgan fingerprint density at radius 2 is 2.35 bits per heavy atom. The first-order valence-corrected chi connectivity index (χ1v) is 6.10. The van der Waals surface area contributed by atoms with Crippen molar-refractivity contribution in [3.05, 3.63) is 18.6 Å². The molecule has 0 radical (unpaired) electrons. The molecule has 102 valence electrons. The zero-order chi connectivity index (χ0) is 14.1. The molecule has 1 aliphatic carbocycles. The van der Waals surface area contributed by atoms with Crippen LogP contribution >= 0.6 is 0 Å². The van der Waals surface area contributed by atoms with Gasteiger partial charge in [-0.25, -0.2) is 9.97 Å². The van der Waals surface area contributed by atoms with Crippen LogP contribution in [0.3, 0.4) is 0 Å². The summed E-state index contributed by atoms with van der Waals surface area (Å²) < 4.78 is 7.26. The van der Waals surface area contributed by atoms with Gasteiger partial charge in [-0.1, -0.05) is 0 Å². The lowest BCUT2D eigenvalue weighted by Gasteiger charge is -2.17. The smallest absolute Gasteiger partial charge is 0.216 e. The van der Waals surface area contributed by atoms with Gasteiger partial charge in [-0.15, -0.1) is 0 Å². The zero-order valence-electron chi connectivity index (χ0n) is 10.3. The number of nitrogens with zero attached hydrogens (tertiary/aromatic N) is 4. The highest BCUT2D eigenvalue weighted by atomic mass is 16.6. The van der Waals surface area contributed by atoms with E-state index in [1.54, 1.807) is 16.8 Å². The average molecular weight is 273 g/mol. The van der Waals surface area contributed by atoms with Crippen LogP contribution in [0.1, 0.15) is 12.6 Å². The molecule has 4 atom stereocenters. The summed E-state index contributed by atoms with van der Waals surface area (Å²) in [7, 11) is 0. The Kier molecular flexibility index (Phi) is 1.90. The summed E-state index contributed by atoms with van der Waals surface area (Å²) in [6.07, 6.45) is 1.43. The van der Waals surface area contributed by atoms with Crippen molar-refractivity contribution in [1.29, 1.82) is 5.26 Å². The average Bonchev–Trinajstić information content (AvgIpc) is 2.84. The Labute approximate surface area is 113 Å². The largest absolute Gasteiger partial charge is 0.386 e. The second-order valence-electron chi connectivity index (χ2n) is 5.17. The molecule has 20 heavy (non-hydrogen) atoms. The lowest BCUT2D eigenvalue weighted by atomic mass is 10.2. The Bertz CT molecular complexity index is 768. The van der Waals surface area contributed by atoms with Gasteiger partial charge in [0.1, 0.15) is 41.8 Å². The van der Waals surface area contributed by atoms with E-state index in [4.69, 9.17) is 15.7 Å². The number of hydrogen-bond donors (Lipinski definition) is 3. The second-order valence-corrected chi connectivity index (χ2v) is 5.17. The van der Waals surface area contributed by atoms with E-state index in [-0.39, 0.29) is 6.42 Å². The molecule has 1 aliphatic heterocycles. The molecule has 0 spiro atoms. The number of ether oxygens (including phenoxy) is 1. The van der Waals surface area contributed by atoms with Crippen molar-refractivity contribution in [3.8, 4) is 6.07 Å². The maximum atomic E-state index is 10.2. The maximum absolute atomic E-state index is 10.2. The molecule has 4 rings (SSSR count). The van der Waals surface area contributed by atoms with E-state index in [1.165, 1.54) is 6.33 Å². The monoisotopic (exact) mass is 273 g/mol. The van der Waals surface area contributed by atoms with Crippen molar-refractivity contribution in [3.63, 3.8) is 0 Å². The molecule has 1 saturated carbocycles. The Morgan fingerprint density at radius 3 is 3.05 bits per heavy atom. The van der Waals surface area contributed by atoms with Gasteiger partial charge in [0.05, 0.1) is 5.39 Å². The Balaban J connectivity index is 1.77. The van der Waals surface area contributed by atoms with Crippen molar-refractivity contribution in [1.82, 2.24) is 14.5 Å². The van der Waals surface area contributed by atoms with Crippen LogP contribution in [0.2, 0.25) is 0 Å². The van der Waals surface area contributed by atoms with E-state index >= 15 is 0 Å². The third kappa shape index (κ3) is 1.07. The number of fused-ring (bicyclic) bond motifs is 2. The van der Waals surface area contributed by atoms with Gasteiger partial charge in [-0.3, -0.25) is 0 Å². The van der Waals surface area contributed by atoms with E-state index < -0.39 is 23.5 Å². The third-order valence-electron chi connectivity index (χ3n) is 4.22. The first-order valence-electron chi connectivity index (χ1n) is 6.10. The summed E-state index contributed by atoms with van der Waals surface area (Å²) in [5.74, 6) is 0.352. The highest BCUT2D eigenvalue weighted by Crippen LogP contribution is 2.62. The van der Waals surface area contributed by atoms with Gasteiger partial charge in [-0.2, -0.15) is 5.26 Å². The van der Waals surface area contributed by atoms with E-state index in [2.05, 4.69) is 9.97 Å². The quantitative estimate of drug-likeness (QED) is 0.626. The number of nitrogen functional groups attached to an aromatic ring is 1. The Morgan fingerprint density at radius 1 is 1.55 bits per heavy atom. The van der Waals surface area contributed by atoms with Crippen LogP contribution in [-0.4, -0.2) is 42.1 Å². The van der Waals surface area contributed by atoms with E-state index in [9.17, 15) is 10.2 Å². The van der Waals surface area contributed by atoms with Crippen molar-refractivity contribution < 1.29 is 14.9 Å². The predicted molar refractivity (Wildman–Crippen MR) is 66.0 cm³/mol. The number of aromatic nitrogens is 3. The maximum Gasteiger partial charge on any atom is 0.216 e. The van der Waals surface area contributed by atoms with Gasteiger partial charge in [0, 0.05) is 12.6 Å². The fourth-order valence-electron chi connectivity index (χ4n) is 2.99. The molecule has 1 saturated heterocycles. The van der Waals surface area contributed by atoms with Crippen molar-refractivity contribution in [2.45, 2.75) is 30.0 Å². The number of aliphatic hydroxyl groups is 2. The minimum atomic E-state index is -1.53. The molecule has 0 aromatic carbocycles. The zero-order valence-corrected chi connectivity index (χ0v) is 10.3. The molecule has 4 N–H and O–H groups in total. The topological polar surface area (TPSA) is 130 Å². The first kappa shape index (κ1) is 11.6. The third-order valence-corrected chi connectivity index (χ3v) is 4.22. The minimum absolute atomic E-state index is 0.120. The summed E-state index contributed by atoms with van der Waals surface area (Å²) >= 11 is 0. The van der Waals surface area contributed by atoms with Crippen LogP contribution in [0, 0.1) is 11.3 Å². The number of nitrogens with two attached hydrogens (primary N) is 1. The molecule has 0 amide bonds. The predicted octanol–water partition coefficient (Wildman–Crippen LogP) is -0.700. The van der Waals surface area contributed by atoms with Crippen LogP contribution in [0.25, 0.3) is 11.0 Å². The van der Waals surface area contributed by atoms with Gasteiger partial charge < -0.3 is 25.3 Å². The number of anilines is 1. The molecule has 8 nitrogen and oxygen atoms in total. The van der Waals surface area contributed by atoms with Crippen LogP contribution in [0.5, 0.6) is 0 Å².